The third kappa shape index (κ3) is 9.81. The van der Waals surface area contributed by atoms with E-state index in [2.05, 4.69) is 25.3 Å². The number of ether oxygens (including phenoxy) is 5. The van der Waals surface area contributed by atoms with Crippen molar-refractivity contribution in [1.82, 2.24) is 30.2 Å². The van der Waals surface area contributed by atoms with Crippen molar-refractivity contribution in [3.8, 4) is 23.0 Å². The lowest BCUT2D eigenvalue weighted by Crippen LogP contribution is -2.58. The number of allylic oxidation sites excluding steroid dienone is 1. The van der Waals surface area contributed by atoms with Crippen LogP contribution in [0.25, 0.3) is 10.9 Å². The molecule has 0 radical (unpaired) electrons. The molecule has 3 aromatic rings. The number of nitrogens with zero attached hydrogens (tertiary/aromatic N) is 3. The van der Waals surface area contributed by atoms with Crippen LogP contribution >= 0.6 is 0 Å². The minimum absolute atomic E-state index is 0.0477. The molecular formula is C45H53F3N6O11S. The zero-order valence-electron chi connectivity index (χ0n) is 37.0. The standard InChI is InChI=1S/C45H53F3N6O11S/c1-41(2,3)65-40(58)51-32-11-9-7-5-6-8-10-27-23-44(27,39(57)53-66(59,60)42(4)16-17-42)52-37(55)33-24-43(25-54(33)38(32)56)26-63-34-30-22-29(62-21-20-61-28-14-18-49-19-15-28)12-13-31(30)50-36(35(34)64-43)45(46,47)48/h8,10,12-15,18-19,22,27,32-33H,5-7,9,11,16-17,20-21,23-26H2,1-4H3,(H,51,58)(H,52,55)(H,53,57)/b10-8-/t27-,32+,33+,43-,44-/m1/s1. The Bertz CT molecular complexity index is 2530. The third-order valence-electron chi connectivity index (χ3n) is 12.5. The summed E-state index contributed by atoms with van der Waals surface area (Å²) in [7, 11) is -4.13. The van der Waals surface area contributed by atoms with Gasteiger partial charge in [0.25, 0.3) is 5.91 Å². The highest BCUT2D eigenvalue weighted by Gasteiger charge is 2.64. The van der Waals surface area contributed by atoms with Crippen LogP contribution in [0.2, 0.25) is 0 Å². The smallest absolute Gasteiger partial charge is 0.437 e. The summed E-state index contributed by atoms with van der Waals surface area (Å²) in [5.41, 5.74) is -5.92. The Balaban J connectivity index is 1.12. The first-order chi connectivity index (χ1) is 31.1. The van der Waals surface area contributed by atoms with E-state index in [1.807, 2.05) is 6.08 Å². The van der Waals surface area contributed by atoms with Crippen molar-refractivity contribution in [3.05, 3.63) is 60.6 Å². The van der Waals surface area contributed by atoms with Gasteiger partial charge in [0.15, 0.2) is 22.8 Å². The van der Waals surface area contributed by atoms with Crippen molar-refractivity contribution in [3.63, 3.8) is 0 Å². The number of carbonyl (C=O) groups excluding carboxylic acids is 4. The number of aromatic nitrogens is 2. The zero-order chi connectivity index (χ0) is 47.3. The summed E-state index contributed by atoms with van der Waals surface area (Å²) in [6.07, 6.45) is 3.61. The van der Waals surface area contributed by atoms with Crippen molar-refractivity contribution in [1.29, 1.82) is 0 Å². The first-order valence-corrected chi connectivity index (χ1v) is 23.5. The molecule has 17 nitrogen and oxygen atoms in total. The van der Waals surface area contributed by atoms with Gasteiger partial charge in [0.2, 0.25) is 21.8 Å². The quantitative estimate of drug-likeness (QED) is 0.179. The van der Waals surface area contributed by atoms with E-state index in [1.54, 1.807) is 51.4 Å². The summed E-state index contributed by atoms with van der Waals surface area (Å²) in [6, 6.07) is 4.88. The summed E-state index contributed by atoms with van der Waals surface area (Å²) in [5, 5.41) is 5.54. The maximum absolute atomic E-state index is 14.9. The number of rotatable bonds is 9. The van der Waals surface area contributed by atoms with E-state index in [0.717, 1.165) is 4.90 Å². The van der Waals surface area contributed by atoms with E-state index >= 15 is 0 Å². The molecule has 3 N–H and O–H groups in total. The van der Waals surface area contributed by atoms with Gasteiger partial charge < -0.3 is 39.2 Å². The number of halogens is 3. The Morgan fingerprint density at radius 2 is 1.71 bits per heavy atom. The highest BCUT2D eigenvalue weighted by Crippen LogP contribution is 2.51. The number of nitrogens with one attached hydrogen (secondary N) is 3. The van der Waals surface area contributed by atoms with Crippen LogP contribution in [0.5, 0.6) is 23.0 Å². The van der Waals surface area contributed by atoms with Crippen LogP contribution in [0.15, 0.2) is 54.9 Å². The van der Waals surface area contributed by atoms with E-state index in [4.69, 9.17) is 23.7 Å². The summed E-state index contributed by atoms with van der Waals surface area (Å²) >= 11 is 0. The fourth-order valence-corrected chi connectivity index (χ4v) is 9.84. The monoisotopic (exact) mass is 942 g/mol. The number of sulfonamides is 1. The lowest BCUT2D eigenvalue weighted by Gasteiger charge is -2.36. The Kier molecular flexibility index (Phi) is 12.3. The van der Waals surface area contributed by atoms with Crippen LogP contribution in [-0.4, -0.2) is 107 Å². The predicted octanol–water partition coefficient (Wildman–Crippen LogP) is 5.50. The number of fused-ring (bicyclic) bond motifs is 5. The second-order valence-corrected chi connectivity index (χ2v) is 21.1. The lowest BCUT2D eigenvalue weighted by atomic mass is 9.98. The molecule has 356 valence electrons. The normalized spacial score (nSPS) is 26.7. The van der Waals surface area contributed by atoms with Gasteiger partial charge in [0.1, 0.15) is 54.5 Å². The number of amides is 4. The molecule has 2 aliphatic carbocycles. The van der Waals surface area contributed by atoms with E-state index in [-0.39, 0.29) is 48.5 Å². The van der Waals surface area contributed by atoms with Crippen LogP contribution in [0.3, 0.4) is 0 Å². The van der Waals surface area contributed by atoms with Crippen LogP contribution < -0.4 is 34.3 Å². The number of pyridine rings is 2. The maximum Gasteiger partial charge on any atom is 0.437 e. The molecule has 21 heteroatoms. The van der Waals surface area contributed by atoms with Gasteiger partial charge in [-0.2, -0.15) is 13.2 Å². The molecule has 5 aliphatic rings. The first-order valence-electron chi connectivity index (χ1n) is 22.0. The SMILES string of the molecule is CC(C)(C)OC(=O)N[C@H]1CCCCC/C=C\[C@@H]2C[C@@]2(C(=O)NS(=O)(=O)C2(C)CC2)NC(=O)[C@@H]2C[C@]3(COc4c(c(C(F)(F)F)nc5ccc(OCCOc6ccncc6)cc45)O3)CN2C1=O. The van der Waals surface area contributed by atoms with Crippen molar-refractivity contribution in [2.45, 2.75) is 125 Å². The molecule has 5 heterocycles. The first kappa shape index (κ1) is 46.7. The van der Waals surface area contributed by atoms with Crippen molar-refractivity contribution in [2.75, 3.05) is 26.4 Å². The second-order valence-electron chi connectivity index (χ2n) is 18.9. The number of hydrogen-bond acceptors (Lipinski definition) is 13. The lowest BCUT2D eigenvalue weighted by molar-refractivity contribution is -0.145. The fraction of sp³-hybridized carbons (Fsp3) is 0.556. The van der Waals surface area contributed by atoms with E-state index < -0.39 is 111 Å². The Labute approximate surface area is 379 Å². The van der Waals surface area contributed by atoms with Crippen molar-refractivity contribution < 1.29 is 64.5 Å². The van der Waals surface area contributed by atoms with E-state index in [0.29, 0.717) is 44.3 Å². The minimum Gasteiger partial charge on any atom is -0.490 e. The van der Waals surface area contributed by atoms with Crippen LogP contribution in [-0.2, 0) is 35.3 Å². The largest absolute Gasteiger partial charge is 0.490 e. The molecule has 5 atom stereocenters. The van der Waals surface area contributed by atoms with E-state index in [9.17, 15) is 40.8 Å². The van der Waals surface area contributed by atoms with Gasteiger partial charge in [-0.05, 0) is 96.6 Å². The van der Waals surface area contributed by atoms with Crippen LogP contribution in [0, 0.1) is 5.92 Å². The summed E-state index contributed by atoms with van der Waals surface area (Å²) in [6.45, 7) is 5.77. The topological polar surface area (TPSA) is 214 Å². The van der Waals surface area contributed by atoms with Gasteiger partial charge >= 0.3 is 12.3 Å². The molecule has 66 heavy (non-hydrogen) atoms. The fourth-order valence-electron chi connectivity index (χ4n) is 8.53. The highest BCUT2D eigenvalue weighted by molar-refractivity contribution is 7.91. The molecule has 8 rings (SSSR count). The average Bonchev–Trinajstić information content (AvgIpc) is 4.14. The van der Waals surface area contributed by atoms with Gasteiger partial charge in [-0.3, -0.25) is 24.1 Å². The molecule has 4 amide bonds. The molecule has 2 saturated carbocycles. The second kappa shape index (κ2) is 17.4. The Morgan fingerprint density at radius 3 is 2.41 bits per heavy atom. The molecule has 3 aliphatic heterocycles. The average molecular weight is 943 g/mol. The minimum atomic E-state index is -5.05. The number of alkyl carbamates (subject to hydrolysis) is 1. The molecule has 3 fully saturated rings. The number of benzene rings is 1. The number of carbonyl (C=O) groups is 4. The molecular weight excluding hydrogens is 890 g/mol. The maximum atomic E-state index is 14.9. The molecule has 1 spiro atoms. The van der Waals surface area contributed by atoms with Crippen LogP contribution in [0.4, 0.5) is 18.0 Å². The Hall–Kier alpha value is -5.86. The van der Waals surface area contributed by atoms with Gasteiger partial charge in [-0.15, -0.1) is 0 Å². The van der Waals surface area contributed by atoms with Crippen molar-refractivity contribution >= 4 is 44.7 Å². The predicted molar refractivity (Wildman–Crippen MR) is 230 cm³/mol. The molecule has 2 aromatic heterocycles. The molecule has 0 bridgehead atoms. The molecule has 1 aromatic carbocycles. The number of alkyl halides is 3. The third-order valence-corrected chi connectivity index (χ3v) is 14.7. The van der Waals surface area contributed by atoms with E-state index in [1.165, 1.54) is 25.1 Å². The zero-order valence-corrected chi connectivity index (χ0v) is 37.8. The summed E-state index contributed by atoms with van der Waals surface area (Å²) in [4.78, 5) is 65.7. The van der Waals surface area contributed by atoms with Gasteiger partial charge in [-0.25, -0.2) is 18.2 Å². The van der Waals surface area contributed by atoms with Gasteiger partial charge in [-0.1, -0.05) is 25.0 Å². The molecule has 0 unspecified atom stereocenters. The highest BCUT2D eigenvalue weighted by atomic mass is 32.2. The summed E-state index contributed by atoms with van der Waals surface area (Å²) in [5.74, 6) is -3.39. The Morgan fingerprint density at radius 1 is 0.985 bits per heavy atom. The van der Waals surface area contributed by atoms with Crippen molar-refractivity contribution in [2.24, 2.45) is 5.92 Å². The van der Waals surface area contributed by atoms with Gasteiger partial charge in [0.05, 0.1) is 16.8 Å². The number of hydrogen-bond donors (Lipinski definition) is 3. The molecule has 1 saturated heterocycles. The van der Waals surface area contributed by atoms with Crippen LogP contribution in [0.1, 0.15) is 91.2 Å². The van der Waals surface area contributed by atoms with Gasteiger partial charge in [0, 0.05) is 30.1 Å². The summed E-state index contributed by atoms with van der Waals surface area (Å²) < 4.78 is 102.